The first-order valence-electron chi connectivity index (χ1n) is 6.08. The van der Waals surface area contributed by atoms with Crippen molar-refractivity contribution in [3.8, 4) is 0 Å². The Hall–Kier alpha value is -2.01. The van der Waals surface area contributed by atoms with Crippen LogP contribution in [0, 0.1) is 10.1 Å². The Kier molecular flexibility index (Phi) is 6.21. The van der Waals surface area contributed by atoms with Crippen molar-refractivity contribution in [2.45, 2.75) is 11.8 Å². The number of carbonyl (C=O) groups is 1. The van der Waals surface area contributed by atoms with E-state index in [-0.39, 0.29) is 22.2 Å². The van der Waals surface area contributed by atoms with Gasteiger partial charge >= 0.3 is 0 Å². The number of hydrogen-bond acceptors (Lipinski definition) is 6. The number of benzene rings is 1. The number of aldehydes is 1. The maximum Gasteiger partial charge on any atom is 0.297 e. The van der Waals surface area contributed by atoms with Crippen LogP contribution < -0.4 is 0 Å². The molecule has 126 valence electrons. The third kappa shape index (κ3) is 4.26. The van der Waals surface area contributed by atoms with Crippen LogP contribution in [0.4, 0.5) is 5.69 Å². The Labute approximate surface area is 136 Å². The lowest BCUT2D eigenvalue weighted by Crippen LogP contribution is -2.00. The lowest BCUT2D eigenvalue weighted by molar-refractivity contribution is -0.383. The molecule has 0 aliphatic heterocycles. The monoisotopic (exact) mass is 364 g/mol. The second-order valence-corrected chi connectivity index (χ2v) is 5.94. The number of methoxy groups -OCH3 is 1. The summed E-state index contributed by atoms with van der Waals surface area (Å²) in [5.74, 6) is 0. The van der Waals surface area contributed by atoms with Gasteiger partial charge in [-0.1, -0.05) is 11.6 Å². The summed E-state index contributed by atoms with van der Waals surface area (Å²) in [5, 5.41) is 10.5. The molecule has 0 bridgehead atoms. The molecule has 0 fully saturated rings. The second-order valence-electron chi connectivity index (χ2n) is 4.14. The fourth-order valence-corrected chi connectivity index (χ4v) is 2.77. The van der Waals surface area contributed by atoms with Crippen LogP contribution in [0.25, 0.3) is 10.9 Å². The van der Waals surface area contributed by atoms with Crippen LogP contribution in [0.3, 0.4) is 0 Å². The summed E-state index contributed by atoms with van der Waals surface area (Å²) < 4.78 is 36.1. The number of aromatic amines is 1. The molecular formula is C12H13ClN2O7S. The van der Waals surface area contributed by atoms with Gasteiger partial charge in [0.05, 0.1) is 4.92 Å². The second kappa shape index (κ2) is 7.51. The molecule has 0 atom stereocenters. The normalized spacial score (nSPS) is 11.0. The lowest BCUT2D eigenvalue weighted by atomic mass is 10.2. The zero-order valence-corrected chi connectivity index (χ0v) is 13.6. The fraction of sp³-hybridized carbons (Fsp3) is 0.250. The minimum atomic E-state index is -4.73. The number of nitrogens with zero attached hydrogens (tertiary/aromatic N) is 1. The molecule has 0 spiro atoms. The molecule has 0 radical (unpaired) electrons. The number of nitro benzene ring substituents is 1. The van der Waals surface area contributed by atoms with Gasteiger partial charge in [-0.2, -0.15) is 8.42 Å². The number of ether oxygens (including phenoxy) is 1. The van der Waals surface area contributed by atoms with Gasteiger partial charge in [-0.15, -0.1) is 0 Å². The molecule has 0 aliphatic carbocycles. The van der Waals surface area contributed by atoms with E-state index in [2.05, 4.69) is 9.72 Å². The quantitative estimate of drug-likeness (QED) is 0.367. The number of rotatable bonds is 4. The molecule has 2 N–H and O–H groups in total. The number of carbonyl (C=O) groups excluding carboxylic acids is 1. The first-order chi connectivity index (χ1) is 10.7. The molecule has 0 amide bonds. The zero-order valence-electron chi connectivity index (χ0n) is 12.1. The highest BCUT2D eigenvalue weighted by molar-refractivity contribution is 7.86. The van der Waals surface area contributed by atoms with E-state index in [0.717, 1.165) is 18.7 Å². The number of halogens is 1. The average Bonchev–Trinajstić information content (AvgIpc) is 2.84. The van der Waals surface area contributed by atoms with E-state index >= 15 is 0 Å². The smallest absolute Gasteiger partial charge is 0.297 e. The van der Waals surface area contributed by atoms with Gasteiger partial charge in [-0.3, -0.25) is 19.5 Å². The molecule has 23 heavy (non-hydrogen) atoms. The van der Waals surface area contributed by atoms with E-state index in [1.165, 1.54) is 0 Å². The van der Waals surface area contributed by atoms with E-state index in [4.69, 9.17) is 16.2 Å². The fourth-order valence-electron chi connectivity index (χ4n) is 1.74. The van der Waals surface area contributed by atoms with Crippen molar-refractivity contribution < 1.29 is 27.4 Å². The van der Waals surface area contributed by atoms with Gasteiger partial charge in [-0.25, -0.2) is 0 Å². The van der Waals surface area contributed by atoms with Crippen molar-refractivity contribution >= 4 is 44.6 Å². The summed E-state index contributed by atoms with van der Waals surface area (Å²) in [6.45, 7) is 2.78. The summed E-state index contributed by atoms with van der Waals surface area (Å²) in [5.41, 5.74) is -1.19. The Bertz CT molecular complexity index is 843. The summed E-state index contributed by atoms with van der Waals surface area (Å²) in [4.78, 5) is 22.4. The van der Waals surface area contributed by atoms with Crippen LogP contribution in [0.15, 0.2) is 17.0 Å². The highest BCUT2D eigenvalue weighted by Gasteiger charge is 2.27. The summed E-state index contributed by atoms with van der Waals surface area (Å²) in [7, 11) is -3.05. The molecule has 2 rings (SSSR count). The van der Waals surface area contributed by atoms with Crippen molar-refractivity contribution in [1.29, 1.82) is 0 Å². The molecule has 1 aromatic carbocycles. The maximum atomic E-state index is 11.2. The van der Waals surface area contributed by atoms with Gasteiger partial charge < -0.3 is 9.72 Å². The lowest BCUT2D eigenvalue weighted by Gasteiger charge is -1.97. The largest absolute Gasteiger partial charge is 0.385 e. The van der Waals surface area contributed by atoms with Gasteiger partial charge in [0.15, 0.2) is 6.29 Å². The van der Waals surface area contributed by atoms with Crippen LogP contribution in [-0.4, -0.2) is 42.9 Å². The van der Waals surface area contributed by atoms with Crippen molar-refractivity contribution in [2.24, 2.45) is 0 Å². The molecule has 0 aliphatic rings. The van der Waals surface area contributed by atoms with E-state index in [0.29, 0.717) is 0 Å². The molecule has 0 saturated heterocycles. The van der Waals surface area contributed by atoms with Crippen molar-refractivity contribution in [3.63, 3.8) is 0 Å². The van der Waals surface area contributed by atoms with Gasteiger partial charge in [0.25, 0.3) is 15.8 Å². The maximum absolute atomic E-state index is 11.2. The van der Waals surface area contributed by atoms with E-state index < -0.39 is 31.3 Å². The highest BCUT2D eigenvalue weighted by atomic mass is 35.5. The van der Waals surface area contributed by atoms with Crippen molar-refractivity contribution in [1.82, 2.24) is 4.98 Å². The molecular weight excluding hydrogens is 352 g/mol. The van der Waals surface area contributed by atoms with Crippen LogP contribution in [0.5, 0.6) is 0 Å². The topological polar surface area (TPSA) is 140 Å². The van der Waals surface area contributed by atoms with Gasteiger partial charge in [0.2, 0.25) is 0 Å². The molecule has 11 heteroatoms. The molecule has 9 nitrogen and oxygen atoms in total. The van der Waals surface area contributed by atoms with Crippen LogP contribution in [0.2, 0.25) is 5.02 Å². The van der Waals surface area contributed by atoms with Crippen LogP contribution >= 0.6 is 11.6 Å². The average molecular weight is 365 g/mol. The third-order valence-electron chi connectivity index (χ3n) is 2.69. The molecule has 1 heterocycles. The Balaban J connectivity index is 0.000000593. The van der Waals surface area contributed by atoms with E-state index in [1.54, 1.807) is 7.11 Å². The van der Waals surface area contributed by atoms with Gasteiger partial charge in [0, 0.05) is 30.2 Å². The third-order valence-corrected chi connectivity index (χ3v) is 3.87. The summed E-state index contributed by atoms with van der Waals surface area (Å²) in [6.07, 6.45) is 0.140. The Morgan fingerprint density at radius 1 is 1.48 bits per heavy atom. The Morgan fingerprint density at radius 3 is 2.43 bits per heavy atom. The molecule has 2 aromatic rings. The molecule has 1 aromatic heterocycles. The minimum Gasteiger partial charge on any atom is -0.385 e. The van der Waals surface area contributed by atoms with Gasteiger partial charge in [-0.05, 0) is 13.0 Å². The number of H-pyrrole nitrogens is 1. The van der Waals surface area contributed by atoms with E-state index in [1.807, 2.05) is 6.92 Å². The summed E-state index contributed by atoms with van der Waals surface area (Å²) in [6, 6.07) is 2.11. The number of hydrogen-bond donors (Lipinski definition) is 2. The first kappa shape index (κ1) is 19.0. The predicted octanol–water partition coefficient (Wildman–Crippen LogP) is 2.44. The van der Waals surface area contributed by atoms with Crippen molar-refractivity contribution in [2.75, 3.05) is 13.7 Å². The number of nitro groups is 1. The number of aromatic nitrogens is 1. The predicted molar refractivity (Wildman–Crippen MR) is 82.7 cm³/mol. The molecule has 0 saturated carbocycles. The van der Waals surface area contributed by atoms with Crippen molar-refractivity contribution in [3.05, 3.63) is 33.0 Å². The first-order valence-corrected chi connectivity index (χ1v) is 7.90. The van der Waals surface area contributed by atoms with Crippen LogP contribution in [0.1, 0.15) is 17.4 Å². The number of non-ortho nitro benzene ring substituents is 1. The number of fused-ring (bicyclic) bond motifs is 1. The van der Waals surface area contributed by atoms with E-state index in [9.17, 15) is 23.3 Å². The zero-order chi connectivity index (χ0) is 17.8. The summed E-state index contributed by atoms with van der Waals surface area (Å²) >= 11 is 5.66. The molecule has 0 unspecified atom stereocenters. The standard InChI is InChI=1S/C9H5ClN2O6S.C3H8O/c10-4-1-5-8(7(2-4)12(14)15)11-6(3-13)9(5)19(16,17)18;1-3-4-2/h1-3,11H,(H,16,17,18);3H2,1-2H3. The minimum absolute atomic E-state index is 0.0967. The SMILES string of the molecule is CCOC.O=Cc1[nH]c2c([N+](=O)[O-])cc(Cl)cc2c1S(=O)(=O)O. The van der Waals surface area contributed by atoms with Gasteiger partial charge in [0.1, 0.15) is 16.1 Å². The van der Waals surface area contributed by atoms with Crippen LogP contribution in [-0.2, 0) is 14.9 Å². The number of nitrogens with one attached hydrogen (secondary N) is 1. The highest BCUT2D eigenvalue weighted by Crippen LogP contribution is 2.34. The Morgan fingerprint density at radius 2 is 2.04 bits per heavy atom.